The van der Waals surface area contributed by atoms with Crippen molar-refractivity contribution in [2.75, 3.05) is 30.9 Å². The van der Waals surface area contributed by atoms with Crippen molar-refractivity contribution >= 4 is 40.4 Å². The molecule has 0 spiro atoms. The molecular weight excluding hydrogens is 484 g/mol. The van der Waals surface area contributed by atoms with Crippen LogP contribution in [0.25, 0.3) is 16.7 Å². The molecule has 194 valence electrons. The molecule has 0 aliphatic carbocycles. The SMILES string of the molecule is CN(C)OC(=O)c1cc2cnc(Nc3ccc(N4C[C@H]5CC[C@@H](CC4=O)N5)cn3)nc2n1-c1ccccc1. The molecular formula is C27H28N8O3. The molecule has 0 saturated carbocycles. The first-order valence-electron chi connectivity index (χ1n) is 12.6. The Hall–Kier alpha value is -4.35. The Balaban J connectivity index is 1.28. The van der Waals surface area contributed by atoms with E-state index in [1.165, 1.54) is 5.06 Å². The molecule has 11 heteroatoms. The van der Waals surface area contributed by atoms with Crippen molar-refractivity contribution in [1.82, 2.24) is 29.9 Å². The van der Waals surface area contributed by atoms with Crippen LogP contribution in [0.3, 0.4) is 0 Å². The van der Waals surface area contributed by atoms with Gasteiger partial charge in [0, 0.05) is 56.4 Å². The molecule has 1 amide bonds. The minimum absolute atomic E-state index is 0.117. The number of anilines is 3. The lowest BCUT2D eigenvalue weighted by molar-refractivity contribution is -0.118. The van der Waals surface area contributed by atoms with Crippen LogP contribution in [-0.2, 0) is 9.63 Å². The number of nitrogens with one attached hydrogen (secondary N) is 2. The molecule has 4 aromatic rings. The number of benzene rings is 1. The van der Waals surface area contributed by atoms with Gasteiger partial charge < -0.3 is 20.4 Å². The first-order chi connectivity index (χ1) is 18.4. The fraction of sp³-hybridized carbons (Fsp3) is 0.296. The van der Waals surface area contributed by atoms with Crippen LogP contribution in [0.2, 0.25) is 0 Å². The molecule has 0 unspecified atom stereocenters. The van der Waals surface area contributed by atoms with E-state index < -0.39 is 5.97 Å². The van der Waals surface area contributed by atoms with Crippen molar-refractivity contribution in [2.24, 2.45) is 0 Å². The monoisotopic (exact) mass is 512 g/mol. The highest BCUT2D eigenvalue weighted by Crippen LogP contribution is 2.27. The Bertz CT molecular complexity index is 1490. The van der Waals surface area contributed by atoms with E-state index >= 15 is 0 Å². The molecule has 6 rings (SSSR count). The van der Waals surface area contributed by atoms with Crippen LogP contribution in [0, 0.1) is 0 Å². The summed E-state index contributed by atoms with van der Waals surface area (Å²) in [6.07, 6.45) is 6.00. The van der Waals surface area contributed by atoms with Crippen molar-refractivity contribution in [1.29, 1.82) is 0 Å². The van der Waals surface area contributed by atoms with Gasteiger partial charge in [0.15, 0.2) is 5.65 Å². The standard InChI is InChI=1S/C27H28N8O3/c1-33(2)38-26(37)22-12-17-14-29-27(32-25(17)35(22)20-6-4-3-5-7-20)31-23-11-10-21(15-28-23)34-16-19-9-8-18(30-19)13-24(34)36/h3-7,10-12,14-15,18-19,30H,8-9,13,16H2,1-2H3,(H,28,29,31,32)/t18-,19+/m0/s1. The summed E-state index contributed by atoms with van der Waals surface area (Å²) in [5, 5.41) is 8.71. The van der Waals surface area contributed by atoms with Gasteiger partial charge in [0.05, 0.1) is 11.9 Å². The summed E-state index contributed by atoms with van der Waals surface area (Å²) >= 11 is 0. The second-order valence-electron chi connectivity index (χ2n) is 9.74. The molecule has 2 fully saturated rings. The lowest BCUT2D eigenvalue weighted by atomic mass is 10.1. The number of amides is 1. The lowest BCUT2D eigenvalue weighted by Crippen LogP contribution is -2.37. The van der Waals surface area contributed by atoms with Crippen LogP contribution in [0.5, 0.6) is 0 Å². The zero-order chi connectivity index (χ0) is 26.2. The summed E-state index contributed by atoms with van der Waals surface area (Å²) < 4.78 is 1.75. The van der Waals surface area contributed by atoms with Crippen LogP contribution >= 0.6 is 0 Å². The van der Waals surface area contributed by atoms with Gasteiger partial charge in [0.1, 0.15) is 11.5 Å². The highest BCUT2D eigenvalue weighted by molar-refractivity contribution is 5.96. The quantitative estimate of drug-likeness (QED) is 0.376. The molecule has 11 nitrogen and oxygen atoms in total. The maximum Gasteiger partial charge on any atom is 0.374 e. The third kappa shape index (κ3) is 4.69. The summed E-state index contributed by atoms with van der Waals surface area (Å²) in [7, 11) is 3.30. The van der Waals surface area contributed by atoms with Gasteiger partial charge in [-0.25, -0.2) is 14.8 Å². The number of rotatable bonds is 6. The number of aromatic nitrogens is 4. The highest BCUT2D eigenvalue weighted by atomic mass is 16.7. The molecule has 5 heterocycles. The summed E-state index contributed by atoms with van der Waals surface area (Å²) in [5.41, 5.74) is 2.42. The van der Waals surface area contributed by atoms with Crippen molar-refractivity contribution < 1.29 is 14.4 Å². The van der Waals surface area contributed by atoms with E-state index in [0.29, 0.717) is 47.5 Å². The molecule has 2 aliphatic heterocycles. The number of hydrogen-bond donors (Lipinski definition) is 2. The summed E-state index contributed by atoms with van der Waals surface area (Å²) in [5.74, 6) is 0.481. The van der Waals surface area contributed by atoms with E-state index in [1.54, 1.807) is 37.1 Å². The molecule has 2 saturated heterocycles. The van der Waals surface area contributed by atoms with Crippen LogP contribution in [0.1, 0.15) is 29.8 Å². The minimum Gasteiger partial charge on any atom is -0.363 e. The maximum atomic E-state index is 12.9. The summed E-state index contributed by atoms with van der Waals surface area (Å²) in [6.45, 7) is 0.651. The van der Waals surface area contributed by atoms with Gasteiger partial charge >= 0.3 is 5.97 Å². The lowest BCUT2D eigenvalue weighted by Gasteiger charge is -2.24. The number of hydroxylamine groups is 2. The second kappa shape index (κ2) is 9.84. The van der Waals surface area contributed by atoms with Gasteiger partial charge in [0.2, 0.25) is 11.9 Å². The van der Waals surface area contributed by atoms with E-state index in [9.17, 15) is 9.59 Å². The summed E-state index contributed by atoms with van der Waals surface area (Å²) in [4.78, 5) is 46.4. The molecule has 2 atom stereocenters. The van der Waals surface area contributed by atoms with Gasteiger partial charge in [-0.1, -0.05) is 18.2 Å². The van der Waals surface area contributed by atoms with Crippen molar-refractivity contribution in [3.8, 4) is 5.69 Å². The maximum absolute atomic E-state index is 12.9. The van der Waals surface area contributed by atoms with E-state index in [4.69, 9.17) is 9.82 Å². The largest absolute Gasteiger partial charge is 0.374 e. The number of nitrogens with zero attached hydrogens (tertiary/aromatic N) is 6. The Morgan fingerprint density at radius 2 is 1.87 bits per heavy atom. The predicted octanol–water partition coefficient (Wildman–Crippen LogP) is 3.05. The highest BCUT2D eigenvalue weighted by Gasteiger charge is 2.34. The Kier molecular flexibility index (Phi) is 6.22. The Morgan fingerprint density at radius 1 is 1.05 bits per heavy atom. The van der Waals surface area contributed by atoms with Crippen LogP contribution < -0.4 is 15.5 Å². The molecule has 2 N–H and O–H groups in total. The van der Waals surface area contributed by atoms with Gasteiger partial charge in [-0.2, -0.15) is 4.98 Å². The average molecular weight is 513 g/mol. The molecule has 2 aliphatic rings. The Morgan fingerprint density at radius 3 is 2.63 bits per heavy atom. The predicted molar refractivity (Wildman–Crippen MR) is 142 cm³/mol. The smallest absolute Gasteiger partial charge is 0.363 e. The van der Waals surface area contributed by atoms with E-state index in [2.05, 4.69) is 20.6 Å². The Labute approximate surface area is 219 Å². The van der Waals surface area contributed by atoms with E-state index in [1.807, 2.05) is 47.4 Å². The van der Waals surface area contributed by atoms with Gasteiger partial charge in [-0.15, -0.1) is 5.06 Å². The van der Waals surface area contributed by atoms with Crippen molar-refractivity contribution in [3.05, 3.63) is 66.6 Å². The van der Waals surface area contributed by atoms with Crippen molar-refractivity contribution in [3.63, 3.8) is 0 Å². The fourth-order valence-electron chi connectivity index (χ4n) is 5.08. The van der Waals surface area contributed by atoms with Gasteiger partial charge in [0.25, 0.3) is 0 Å². The third-order valence-corrected chi connectivity index (χ3v) is 6.79. The van der Waals surface area contributed by atoms with Crippen molar-refractivity contribution in [2.45, 2.75) is 31.3 Å². The van der Waals surface area contributed by atoms with E-state index in [0.717, 1.165) is 24.2 Å². The van der Waals surface area contributed by atoms with E-state index in [-0.39, 0.29) is 11.9 Å². The third-order valence-electron chi connectivity index (χ3n) is 6.79. The summed E-state index contributed by atoms with van der Waals surface area (Å²) in [6, 6.07) is 15.5. The average Bonchev–Trinajstić information content (AvgIpc) is 3.47. The molecule has 38 heavy (non-hydrogen) atoms. The normalized spacial score (nSPS) is 19.1. The minimum atomic E-state index is -0.505. The molecule has 1 aromatic carbocycles. The number of carbonyl (C=O) groups is 2. The van der Waals surface area contributed by atoms with Gasteiger partial charge in [-0.05, 0) is 43.2 Å². The van der Waals surface area contributed by atoms with Crippen LogP contribution in [0.15, 0.2) is 60.9 Å². The van der Waals surface area contributed by atoms with Crippen LogP contribution in [0.4, 0.5) is 17.5 Å². The molecule has 0 radical (unpaired) electrons. The number of pyridine rings is 1. The van der Waals surface area contributed by atoms with Crippen LogP contribution in [-0.4, -0.2) is 69.2 Å². The fourth-order valence-corrected chi connectivity index (χ4v) is 5.08. The second-order valence-corrected chi connectivity index (χ2v) is 9.74. The first-order valence-corrected chi connectivity index (χ1v) is 12.6. The zero-order valence-corrected chi connectivity index (χ0v) is 21.2. The first kappa shape index (κ1) is 24.0. The number of para-hydroxylation sites is 1. The number of carbonyl (C=O) groups excluding carboxylic acids is 2. The molecule has 2 bridgehead atoms. The topological polar surface area (TPSA) is 118 Å². The van der Waals surface area contributed by atoms with Gasteiger partial charge in [-0.3, -0.25) is 9.36 Å². The number of hydrogen-bond acceptors (Lipinski definition) is 9. The number of fused-ring (bicyclic) bond motifs is 3. The molecule has 3 aromatic heterocycles. The zero-order valence-electron chi connectivity index (χ0n) is 21.2.